The maximum absolute atomic E-state index is 11.3. The molecule has 2 heterocycles. The van der Waals surface area contributed by atoms with E-state index in [0.717, 1.165) is 38.0 Å². The second kappa shape index (κ2) is 6.77. The minimum atomic E-state index is -0.939. The van der Waals surface area contributed by atoms with Gasteiger partial charge in [0.15, 0.2) is 0 Å². The lowest BCUT2D eigenvalue weighted by molar-refractivity contribution is 0.0697. The van der Waals surface area contributed by atoms with E-state index in [0.29, 0.717) is 13.0 Å². The third kappa shape index (κ3) is 3.02. The number of carbonyl (C=O) groups is 1. The fraction of sp³-hybridized carbons (Fsp3) is 0.143. The molecule has 0 aliphatic carbocycles. The molecule has 26 heavy (non-hydrogen) atoms. The first-order valence-corrected chi connectivity index (χ1v) is 9.28. The van der Waals surface area contributed by atoms with E-state index < -0.39 is 5.97 Å². The molecule has 4 aromatic rings. The average Bonchev–Trinajstić information content (AvgIpc) is 3.12. The van der Waals surface area contributed by atoms with Crippen LogP contribution >= 0.6 is 11.3 Å². The Balaban J connectivity index is 1.83. The maximum atomic E-state index is 11.3. The molecule has 5 heteroatoms. The summed E-state index contributed by atoms with van der Waals surface area (Å²) in [7, 11) is 0. The number of rotatable bonds is 5. The minimum absolute atomic E-state index is 0.255. The van der Waals surface area contributed by atoms with Crippen LogP contribution in [-0.4, -0.2) is 22.7 Å². The van der Waals surface area contributed by atoms with Crippen LogP contribution in [0.15, 0.2) is 53.9 Å². The van der Waals surface area contributed by atoms with Gasteiger partial charge in [-0.05, 0) is 48.2 Å². The zero-order chi connectivity index (χ0) is 18.1. The van der Waals surface area contributed by atoms with Crippen LogP contribution in [0.2, 0.25) is 0 Å². The predicted molar refractivity (Wildman–Crippen MR) is 105 cm³/mol. The second-order valence-corrected chi connectivity index (χ2v) is 6.93. The summed E-state index contributed by atoms with van der Waals surface area (Å²) >= 11 is 1.65. The van der Waals surface area contributed by atoms with Crippen LogP contribution in [0.25, 0.3) is 21.0 Å². The molecule has 0 unspecified atom stereocenters. The van der Waals surface area contributed by atoms with Gasteiger partial charge in [0, 0.05) is 21.9 Å². The van der Waals surface area contributed by atoms with Gasteiger partial charge < -0.3 is 9.84 Å². The first kappa shape index (κ1) is 16.5. The highest BCUT2D eigenvalue weighted by atomic mass is 32.1. The van der Waals surface area contributed by atoms with E-state index in [9.17, 15) is 9.90 Å². The summed E-state index contributed by atoms with van der Waals surface area (Å²) in [6.45, 7) is 2.59. The number of carboxylic acids is 1. The van der Waals surface area contributed by atoms with E-state index in [1.165, 1.54) is 0 Å². The molecular weight excluding hydrogens is 346 g/mol. The number of nitrogens with zero attached hydrogens (tertiary/aromatic N) is 1. The molecule has 0 saturated carbocycles. The van der Waals surface area contributed by atoms with Gasteiger partial charge in [-0.2, -0.15) is 0 Å². The number of aromatic nitrogens is 1. The number of benzene rings is 2. The lowest BCUT2D eigenvalue weighted by Crippen LogP contribution is -1.99. The molecule has 0 radical (unpaired) electrons. The fourth-order valence-corrected chi connectivity index (χ4v) is 4.09. The normalized spacial score (nSPS) is 11.1. The molecule has 130 valence electrons. The fourth-order valence-electron chi connectivity index (χ4n) is 3.14. The number of pyridine rings is 1. The third-order valence-corrected chi connectivity index (χ3v) is 5.25. The van der Waals surface area contributed by atoms with Crippen molar-refractivity contribution in [2.75, 3.05) is 6.61 Å². The van der Waals surface area contributed by atoms with Crippen molar-refractivity contribution in [3.63, 3.8) is 0 Å². The standard InChI is InChI=1S/C21H17NO3S/c1-2-25-15-5-3-4-13(10-15)11-18-17-8-9-26-20(17)16-7-6-14(21(23)24)12-19(16)22-18/h3-10,12H,2,11H2,1H3,(H,23,24). The van der Waals surface area contributed by atoms with Crippen LogP contribution in [0, 0.1) is 0 Å². The SMILES string of the molecule is CCOc1cccc(Cc2nc3cc(C(=O)O)ccc3c3sccc23)c1. The van der Waals surface area contributed by atoms with Crippen molar-refractivity contribution < 1.29 is 14.6 Å². The minimum Gasteiger partial charge on any atom is -0.494 e. The van der Waals surface area contributed by atoms with Crippen LogP contribution in [-0.2, 0) is 6.42 Å². The molecule has 0 fully saturated rings. The summed E-state index contributed by atoms with van der Waals surface area (Å²) in [6.07, 6.45) is 0.668. The molecule has 0 saturated heterocycles. The van der Waals surface area contributed by atoms with Crippen molar-refractivity contribution in [2.45, 2.75) is 13.3 Å². The molecule has 2 aromatic heterocycles. The van der Waals surface area contributed by atoms with Gasteiger partial charge in [-0.25, -0.2) is 4.79 Å². The van der Waals surface area contributed by atoms with Crippen LogP contribution in [0.4, 0.5) is 0 Å². The molecule has 0 aliphatic rings. The number of hydrogen-bond acceptors (Lipinski definition) is 4. The highest BCUT2D eigenvalue weighted by Gasteiger charge is 2.13. The van der Waals surface area contributed by atoms with E-state index in [2.05, 4.69) is 17.5 Å². The molecule has 0 amide bonds. The number of thiophene rings is 1. The third-order valence-electron chi connectivity index (χ3n) is 4.30. The molecule has 0 aliphatic heterocycles. The van der Waals surface area contributed by atoms with Crippen LogP contribution < -0.4 is 4.74 Å². The quantitative estimate of drug-likeness (QED) is 0.533. The molecule has 4 rings (SSSR count). The van der Waals surface area contributed by atoms with Crippen LogP contribution in [0.5, 0.6) is 5.75 Å². The van der Waals surface area contributed by atoms with Crippen molar-refractivity contribution in [1.29, 1.82) is 0 Å². The van der Waals surface area contributed by atoms with Crippen molar-refractivity contribution in [3.05, 3.63) is 70.7 Å². The molecule has 2 aromatic carbocycles. The first-order valence-electron chi connectivity index (χ1n) is 8.40. The predicted octanol–water partition coefficient (Wildman–Crippen LogP) is 5.14. The number of carboxylic acid groups (broad SMARTS) is 1. The Morgan fingerprint density at radius 2 is 2.04 bits per heavy atom. The van der Waals surface area contributed by atoms with Gasteiger partial charge in [0.25, 0.3) is 0 Å². The number of ether oxygens (including phenoxy) is 1. The Morgan fingerprint density at radius 3 is 2.85 bits per heavy atom. The van der Waals surface area contributed by atoms with E-state index in [1.54, 1.807) is 23.5 Å². The summed E-state index contributed by atoms with van der Waals surface area (Å²) < 4.78 is 6.73. The summed E-state index contributed by atoms with van der Waals surface area (Å²) in [4.78, 5) is 16.1. The zero-order valence-corrected chi connectivity index (χ0v) is 15.0. The highest BCUT2D eigenvalue weighted by molar-refractivity contribution is 7.18. The molecular formula is C21H17NO3S. The lowest BCUT2D eigenvalue weighted by atomic mass is 10.0. The molecule has 4 nitrogen and oxygen atoms in total. The Hall–Kier alpha value is -2.92. The summed E-state index contributed by atoms with van der Waals surface area (Å²) in [5, 5.41) is 13.4. The summed E-state index contributed by atoms with van der Waals surface area (Å²) in [5.41, 5.74) is 3.04. The van der Waals surface area contributed by atoms with Gasteiger partial charge in [0.2, 0.25) is 0 Å². The monoisotopic (exact) mass is 363 g/mol. The Kier molecular flexibility index (Phi) is 4.31. The van der Waals surface area contributed by atoms with E-state index in [-0.39, 0.29) is 5.56 Å². The topological polar surface area (TPSA) is 59.4 Å². The lowest BCUT2D eigenvalue weighted by Gasteiger charge is -2.09. The van der Waals surface area contributed by atoms with Crippen molar-refractivity contribution in [1.82, 2.24) is 4.98 Å². The first-order chi connectivity index (χ1) is 12.7. The molecule has 0 spiro atoms. The largest absolute Gasteiger partial charge is 0.494 e. The summed E-state index contributed by atoms with van der Waals surface area (Å²) in [5.74, 6) is -0.0912. The number of hydrogen-bond donors (Lipinski definition) is 1. The van der Waals surface area contributed by atoms with E-state index in [1.807, 2.05) is 31.2 Å². The second-order valence-electron chi connectivity index (χ2n) is 6.02. The van der Waals surface area contributed by atoms with Gasteiger partial charge >= 0.3 is 5.97 Å². The van der Waals surface area contributed by atoms with Gasteiger partial charge in [0.1, 0.15) is 5.75 Å². The molecule has 0 bridgehead atoms. The maximum Gasteiger partial charge on any atom is 0.335 e. The Morgan fingerprint density at radius 1 is 1.15 bits per heavy atom. The molecule has 1 N–H and O–H groups in total. The zero-order valence-electron chi connectivity index (χ0n) is 14.2. The van der Waals surface area contributed by atoms with Gasteiger partial charge in [-0.3, -0.25) is 4.98 Å². The van der Waals surface area contributed by atoms with Crippen LogP contribution in [0.3, 0.4) is 0 Å². The van der Waals surface area contributed by atoms with Crippen molar-refractivity contribution in [3.8, 4) is 5.75 Å². The van der Waals surface area contributed by atoms with E-state index >= 15 is 0 Å². The van der Waals surface area contributed by atoms with Gasteiger partial charge in [-0.15, -0.1) is 11.3 Å². The number of aromatic carboxylic acids is 1. The summed E-state index contributed by atoms with van der Waals surface area (Å²) in [6, 6.07) is 15.2. The smallest absolute Gasteiger partial charge is 0.335 e. The number of fused-ring (bicyclic) bond motifs is 3. The Bertz CT molecular complexity index is 1120. The van der Waals surface area contributed by atoms with E-state index in [4.69, 9.17) is 9.72 Å². The molecule has 0 atom stereocenters. The van der Waals surface area contributed by atoms with Gasteiger partial charge in [0.05, 0.1) is 23.4 Å². The Labute approximate surface area is 154 Å². The van der Waals surface area contributed by atoms with Crippen molar-refractivity contribution >= 4 is 38.3 Å². The van der Waals surface area contributed by atoms with Gasteiger partial charge in [-0.1, -0.05) is 18.2 Å². The van der Waals surface area contributed by atoms with Crippen LogP contribution in [0.1, 0.15) is 28.5 Å². The highest BCUT2D eigenvalue weighted by Crippen LogP contribution is 2.32. The average molecular weight is 363 g/mol. The van der Waals surface area contributed by atoms with Crippen molar-refractivity contribution in [2.24, 2.45) is 0 Å².